The summed E-state index contributed by atoms with van der Waals surface area (Å²) in [6.45, 7) is 7.73. The van der Waals surface area contributed by atoms with Crippen LogP contribution in [0.2, 0.25) is 0 Å². The van der Waals surface area contributed by atoms with Gasteiger partial charge in [0.05, 0.1) is 6.54 Å². The molecule has 19 heavy (non-hydrogen) atoms. The fourth-order valence-electron chi connectivity index (χ4n) is 2.39. The van der Waals surface area contributed by atoms with E-state index in [-0.39, 0.29) is 5.91 Å². The van der Waals surface area contributed by atoms with E-state index in [9.17, 15) is 4.79 Å². The van der Waals surface area contributed by atoms with Crippen LogP contribution in [0.15, 0.2) is 12.4 Å². The van der Waals surface area contributed by atoms with E-state index in [4.69, 9.17) is 5.11 Å². The summed E-state index contributed by atoms with van der Waals surface area (Å²) < 4.78 is 2.17. The van der Waals surface area contributed by atoms with E-state index in [0.29, 0.717) is 19.1 Å². The van der Waals surface area contributed by atoms with Crippen LogP contribution >= 0.6 is 0 Å². The maximum Gasteiger partial charge on any atom is 0.248 e. The van der Waals surface area contributed by atoms with E-state index in [2.05, 4.69) is 28.3 Å². The van der Waals surface area contributed by atoms with Gasteiger partial charge in [0.15, 0.2) is 0 Å². The predicted octanol–water partition coefficient (Wildman–Crippen LogP) is 0.100. The minimum atomic E-state index is -0.391. The molecule has 106 valence electrons. The summed E-state index contributed by atoms with van der Waals surface area (Å²) in [6, 6.07) is 0.412. The van der Waals surface area contributed by atoms with Crippen molar-refractivity contribution in [3.05, 3.63) is 18.2 Å². The fourth-order valence-corrected chi connectivity index (χ4v) is 2.39. The number of carbonyl (C=O) groups is 1. The first-order chi connectivity index (χ1) is 9.11. The molecule has 0 radical (unpaired) electrons. The van der Waals surface area contributed by atoms with Gasteiger partial charge in [-0.05, 0) is 13.8 Å². The summed E-state index contributed by atoms with van der Waals surface area (Å²) in [6.07, 6.45) is 3.84. The van der Waals surface area contributed by atoms with E-state index in [1.54, 1.807) is 4.90 Å². The molecule has 2 heterocycles. The van der Waals surface area contributed by atoms with Crippen molar-refractivity contribution in [2.75, 3.05) is 32.8 Å². The van der Waals surface area contributed by atoms with Crippen molar-refractivity contribution < 1.29 is 9.90 Å². The predicted molar refractivity (Wildman–Crippen MR) is 71.6 cm³/mol. The molecule has 1 aliphatic heterocycles. The average molecular weight is 266 g/mol. The van der Waals surface area contributed by atoms with Crippen LogP contribution in [0.1, 0.15) is 25.7 Å². The molecular formula is C13H22N4O2. The molecule has 1 aromatic rings. The van der Waals surface area contributed by atoms with Crippen molar-refractivity contribution in [1.29, 1.82) is 0 Å². The van der Waals surface area contributed by atoms with Crippen LogP contribution in [0.5, 0.6) is 0 Å². The van der Waals surface area contributed by atoms with Crippen LogP contribution in [0.4, 0.5) is 0 Å². The standard InChI is InChI=1S/C13H22N4O2/c1-11(2)17-4-3-14-12(17)9-15-5-7-16(8-6-15)13(19)10-18/h3-4,11,18H,5-10H2,1-2H3. The number of aliphatic hydroxyl groups is 1. The minimum Gasteiger partial charge on any atom is -0.387 e. The van der Waals surface area contributed by atoms with Crippen molar-refractivity contribution in [3.63, 3.8) is 0 Å². The largest absolute Gasteiger partial charge is 0.387 e. The molecule has 1 fully saturated rings. The molecule has 6 nitrogen and oxygen atoms in total. The van der Waals surface area contributed by atoms with Gasteiger partial charge in [-0.25, -0.2) is 4.98 Å². The van der Waals surface area contributed by atoms with E-state index in [1.165, 1.54) is 0 Å². The third kappa shape index (κ3) is 3.33. The zero-order valence-corrected chi connectivity index (χ0v) is 11.6. The number of carbonyl (C=O) groups excluding carboxylic acids is 1. The van der Waals surface area contributed by atoms with E-state index < -0.39 is 6.61 Å². The van der Waals surface area contributed by atoms with Gasteiger partial charge in [0.1, 0.15) is 12.4 Å². The molecule has 1 saturated heterocycles. The molecule has 1 aliphatic rings. The molecule has 6 heteroatoms. The Morgan fingerprint density at radius 3 is 2.63 bits per heavy atom. The molecule has 1 amide bonds. The van der Waals surface area contributed by atoms with Crippen LogP contribution in [0.25, 0.3) is 0 Å². The monoisotopic (exact) mass is 266 g/mol. The Hall–Kier alpha value is -1.40. The summed E-state index contributed by atoms with van der Waals surface area (Å²) in [5.74, 6) is 0.889. The van der Waals surface area contributed by atoms with Gasteiger partial charge in [-0.15, -0.1) is 0 Å². The number of imidazole rings is 1. The highest BCUT2D eigenvalue weighted by atomic mass is 16.3. The lowest BCUT2D eigenvalue weighted by atomic mass is 10.3. The molecule has 1 N–H and O–H groups in total. The molecule has 0 aliphatic carbocycles. The number of hydrogen-bond donors (Lipinski definition) is 1. The van der Waals surface area contributed by atoms with Gasteiger partial charge in [0.2, 0.25) is 5.91 Å². The van der Waals surface area contributed by atoms with Gasteiger partial charge in [-0.3, -0.25) is 9.69 Å². The molecule has 0 saturated carbocycles. The number of aromatic nitrogens is 2. The first-order valence-electron chi connectivity index (χ1n) is 6.74. The lowest BCUT2D eigenvalue weighted by molar-refractivity contribution is -0.136. The molecular weight excluding hydrogens is 244 g/mol. The third-order valence-electron chi connectivity index (χ3n) is 3.53. The van der Waals surface area contributed by atoms with Crippen LogP contribution in [0.3, 0.4) is 0 Å². The molecule has 0 bridgehead atoms. The Kier molecular flexibility index (Phi) is 4.55. The van der Waals surface area contributed by atoms with Gasteiger partial charge in [-0.1, -0.05) is 0 Å². The number of hydrogen-bond acceptors (Lipinski definition) is 4. The topological polar surface area (TPSA) is 61.6 Å². The Balaban J connectivity index is 1.89. The van der Waals surface area contributed by atoms with Crippen molar-refractivity contribution in [1.82, 2.24) is 19.4 Å². The highest BCUT2D eigenvalue weighted by Crippen LogP contribution is 2.12. The minimum absolute atomic E-state index is 0.177. The maximum atomic E-state index is 11.4. The summed E-state index contributed by atoms with van der Waals surface area (Å²) in [7, 11) is 0. The number of piperazine rings is 1. The third-order valence-corrected chi connectivity index (χ3v) is 3.53. The number of amides is 1. The summed E-state index contributed by atoms with van der Waals surface area (Å²) in [4.78, 5) is 19.8. The van der Waals surface area contributed by atoms with Crippen LogP contribution < -0.4 is 0 Å². The van der Waals surface area contributed by atoms with E-state index in [1.807, 2.05) is 12.4 Å². The molecule has 0 aromatic carbocycles. The zero-order chi connectivity index (χ0) is 13.8. The van der Waals surface area contributed by atoms with Crippen molar-refractivity contribution >= 4 is 5.91 Å². The highest BCUT2D eigenvalue weighted by Gasteiger charge is 2.21. The highest BCUT2D eigenvalue weighted by molar-refractivity contribution is 5.77. The Bertz CT molecular complexity index is 422. The van der Waals surface area contributed by atoms with Crippen molar-refractivity contribution in [2.24, 2.45) is 0 Å². The second kappa shape index (κ2) is 6.16. The van der Waals surface area contributed by atoms with Crippen LogP contribution in [-0.2, 0) is 11.3 Å². The van der Waals surface area contributed by atoms with Crippen molar-refractivity contribution in [3.8, 4) is 0 Å². The van der Waals surface area contributed by atoms with Gasteiger partial charge < -0.3 is 14.6 Å². The van der Waals surface area contributed by atoms with Gasteiger partial charge >= 0.3 is 0 Å². The molecule has 0 spiro atoms. The van der Waals surface area contributed by atoms with Crippen LogP contribution in [0, 0.1) is 0 Å². The lowest BCUT2D eigenvalue weighted by Crippen LogP contribution is -2.49. The van der Waals surface area contributed by atoms with Gasteiger partial charge in [0.25, 0.3) is 0 Å². The van der Waals surface area contributed by atoms with E-state index in [0.717, 1.165) is 25.5 Å². The SMILES string of the molecule is CC(C)n1ccnc1CN1CCN(C(=O)CO)CC1. The maximum absolute atomic E-state index is 11.4. The average Bonchev–Trinajstić information content (AvgIpc) is 2.87. The second-order valence-corrected chi connectivity index (χ2v) is 5.16. The smallest absolute Gasteiger partial charge is 0.248 e. The number of aliphatic hydroxyl groups excluding tert-OH is 1. The van der Waals surface area contributed by atoms with Crippen molar-refractivity contribution in [2.45, 2.75) is 26.4 Å². The number of nitrogens with zero attached hydrogens (tertiary/aromatic N) is 4. The Morgan fingerprint density at radius 1 is 1.37 bits per heavy atom. The molecule has 2 rings (SSSR count). The quantitative estimate of drug-likeness (QED) is 0.839. The Morgan fingerprint density at radius 2 is 2.05 bits per heavy atom. The van der Waals surface area contributed by atoms with Gasteiger partial charge in [0, 0.05) is 44.6 Å². The Labute approximate surface area is 113 Å². The molecule has 1 aromatic heterocycles. The van der Waals surface area contributed by atoms with Crippen LogP contribution in [-0.4, -0.2) is 63.2 Å². The normalized spacial score (nSPS) is 17.2. The van der Waals surface area contributed by atoms with E-state index >= 15 is 0 Å². The molecule has 0 atom stereocenters. The fraction of sp³-hybridized carbons (Fsp3) is 0.692. The first-order valence-corrected chi connectivity index (χ1v) is 6.74. The summed E-state index contributed by atoms with van der Waals surface area (Å²) >= 11 is 0. The summed E-state index contributed by atoms with van der Waals surface area (Å²) in [5, 5.41) is 8.84. The first kappa shape index (κ1) is 14.0. The number of rotatable bonds is 4. The lowest BCUT2D eigenvalue weighted by Gasteiger charge is -2.34. The molecule has 0 unspecified atom stereocenters. The summed E-state index contributed by atoms with van der Waals surface area (Å²) in [5.41, 5.74) is 0. The van der Waals surface area contributed by atoms with Gasteiger partial charge in [-0.2, -0.15) is 0 Å². The zero-order valence-electron chi connectivity index (χ0n) is 11.6. The second-order valence-electron chi connectivity index (χ2n) is 5.16.